The van der Waals surface area contributed by atoms with Crippen molar-refractivity contribution in [2.24, 2.45) is 5.41 Å². The Morgan fingerprint density at radius 1 is 1.42 bits per heavy atom. The highest BCUT2D eigenvalue weighted by Crippen LogP contribution is 2.37. The average molecular weight is 280 g/mol. The summed E-state index contributed by atoms with van der Waals surface area (Å²) in [5.74, 6) is 0.119. The highest BCUT2D eigenvalue weighted by Gasteiger charge is 2.38. The Morgan fingerprint density at radius 3 is 2.95 bits per heavy atom. The first-order valence-corrected chi connectivity index (χ1v) is 7.85. The molecule has 0 aromatic carbocycles. The van der Waals surface area contributed by atoms with Crippen LogP contribution in [0.1, 0.15) is 35.4 Å². The van der Waals surface area contributed by atoms with Crippen LogP contribution < -0.4 is 5.32 Å². The van der Waals surface area contributed by atoms with Crippen LogP contribution in [0.3, 0.4) is 0 Å². The van der Waals surface area contributed by atoms with Gasteiger partial charge in [-0.1, -0.05) is 0 Å². The first-order valence-electron chi connectivity index (χ1n) is 6.97. The molecule has 19 heavy (non-hydrogen) atoms. The lowest BCUT2D eigenvalue weighted by atomic mass is 9.74. The zero-order valence-electron chi connectivity index (χ0n) is 11.0. The van der Waals surface area contributed by atoms with Gasteiger partial charge >= 0.3 is 0 Å². The third-order valence-corrected chi connectivity index (χ3v) is 5.24. The molecule has 2 fully saturated rings. The first kappa shape index (κ1) is 12.9. The number of hydrogen-bond donors (Lipinski definition) is 2. The van der Waals surface area contributed by atoms with Crippen LogP contribution in [0.15, 0.2) is 11.4 Å². The van der Waals surface area contributed by atoms with Gasteiger partial charge in [-0.25, -0.2) is 0 Å². The summed E-state index contributed by atoms with van der Waals surface area (Å²) in [6.07, 6.45) is 4.69. The largest absolute Gasteiger partial charge is 0.506 e. The molecule has 0 bridgehead atoms. The van der Waals surface area contributed by atoms with Gasteiger partial charge in [0.2, 0.25) is 0 Å². The van der Waals surface area contributed by atoms with E-state index in [1.54, 1.807) is 11.4 Å². The van der Waals surface area contributed by atoms with Crippen molar-refractivity contribution in [3.63, 3.8) is 0 Å². The lowest BCUT2D eigenvalue weighted by Crippen LogP contribution is -2.52. The van der Waals surface area contributed by atoms with Crippen molar-refractivity contribution in [1.29, 1.82) is 0 Å². The fraction of sp³-hybridized carbons (Fsp3) is 0.643. The summed E-state index contributed by atoms with van der Waals surface area (Å²) in [6, 6.07) is 1.60. The highest BCUT2D eigenvalue weighted by molar-refractivity contribution is 7.12. The van der Waals surface area contributed by atoms with Crippen LogP contribution in [-0.4, -0.2) is 42.1 Å². The maximum atomic E-state index is 12.5. The number of piperidine rings is 2. The minimum absolute atomic E-state index is 0.00264. The Hall–Kier alpha value is -1.07. The van der Waals surface area contributed by atoms with Gasteiger partial charge < -0.3 is 15.3 Å². The first-order chi connectivity index (χ1) is 9.20. The predicted molar refractivity (Wildman–Crippen MR) is 75.7 cm³/mol. The number of carbonyl (C=O) groups is 1. The molecule has 2 saturated heterocycles. The van der Waals surface area contributed by atoms with Crippen LogP contribution in [0.5, 0.6) is 5.75 Å². The molecule has 104 valence electrons. The number of rotatable bonds is 1. The summed E-state index contributed by atoms with van der Waals surface area (Å²) < 4.78 is 0. The van der Waals surface area contributed by atoms with Gasteiger partial charge in [0, 0.05) is 25.0 Å². The summed E-state index contributed by atoms with van der Waals surface area (Å²) >= 11 is 1.33. The van der Waals surface area contributed by atoms with E-state index < -0.39 is 0 Å². The van der Waals surface area contributed by atoms with Crippen molar-refractivity contribution in [2.45, 2.75) is 25.7 Å². The van der Waals surface area contributed by atoms with E-state index in [-0.39, 0.29) is 17.1 Å². The van der Waals surface area contributed by atoms with E-state index in [0.717, 1.165) is 32.6 Å². The molecule has 3 rings (SSSR count). The van der Waals surface area contributed by atoms with Gasteiger partial charge in [0.25, 0.3) is 5.91 Å². The molecule has 1 atom stereocenters. The number of aromatic hydroxyl groups is 1. The van der Waals surface area contributed by atoms with Crippen LogP contribution in [0, 0.1) is 5.41 Å². The molecular weight excluding hydrogens is 260 g/mol. The maximum Gasteiger partial charge on any atom is 0.267 e. The summed E-state index contributed by atoms with van der Waals surface area (Å²) in [6.45, 7) is 3.77. The molecule has 1 spiro atoms. The predicted octanol–water partition coefficient (Wildman–Crippen LogP) is 2.06. The Bertz CT molecular complexity index is 460. The zero-order chi connectivity index (χ0) is 13.3. The monoisotopic (exact) mass is 280 g/mol. The summed E-state index contributed by atoms with van der Waals surface area (Å²) in [5, 5.41) is 14.9. The SMILES string of the molecule is O=C(c1sccc1O)N1CCCC2(CCCNC2)C1. The van der Waals surface area contributed by atoms with Crippen LogP contribution in [0.4, 0.5) is 0 Å². The quantitative estimate of drug-likeness (QED) is 0.828. The number of hydrogen-bond acceptors (Lipinski definition) is 4. The number of carbonyl (C=O) groups excluding carboxylic acids is 1. The fourth-order valence-corrected chi connectivity index (χ4v) is 4.12. The van der Waals surface area contributed by atoms with Gasteiger partial charge in [-0.15, -0.1) is 11.3 Å². The third kappa shape index (κ3) is 2.49. The number of amides is 1. The number of nitrogens with zero attached hydrogens (tertiary/aromatic N) is 1. The van der Waals surface area contributed by atoms with Crippen molar-refractivity contribution in [1.82, 2.24) is 10.2 Å². The molecule has 2 aliphatic rings. The molecule has 2 aliphatic heterocycles. The van der Waals surface area contributed by atoms with Crippen molar-refractivity contribution in [3.05, 3.63) is 16.3 Å². The van der Waals surface area contributed by atoms with E-state index in [9.17, 15) is 9.90 Å². The van der Waals surface area contributed by atoms with Gasteiger partial charge in [-0.05, 0) is 43.7 Å². The van der Waals surface area contributed by atoms with E-state index in [1.165, 1.54) is 30.6 Å². The van der Waals surface area contributed by atoms with Crippen LogP contribution >= 0.6 is 11.3 Å². The Morgan fingerprint density at radius 2 is 2.26 bits per heavy atom. The average Bonchev–Trinajstić information content (AvgIpc) is 2.85. The summed E-state index contributed by atoms with van der Waals surface area (Å²) in [7, 11) is 0. The molecule has 0 saturated carbocycles. The fourth-order valence-electron chi connectivity index (χ4n) is 3.37. The lowest BCUT2D eigenvalue weighted by Gasteiger charge is -2.45. The lowest BCUT2D eigenvalue weighted by molar-refractivity contribution is 0.0436. The highest BCUT2D eigenvalue weighted by atomic mass is 32.1. The van der Waals surface area contributed by atoms with Crippen LogP contribution in [-0.2, 0) is 0 Å². The van der Waals surface area contributed by atoms with E-state index >= 15 is 0 Å². The second-order valence-electron chi connectivity index (χ2n) is 5.75. The number of thiophene rings is 1. The maximum absolute atomic E-state index is 12.5. The summed E-state index contributed by atoms with van der Waals surface area (Å²) in [5.41, 5.74) is 0.263. The molecule has 2 N–H and O–H groups in total. The second kappa shape index (κ2) is 5.13. The van der Waals surface area contributed by atoms with E-state index in [2.05, 4.69) is 5.32 Å². The third-order valence-electron chi connectivity index (χ3n) is 4.35. The molecule has 1 amide bonds. The normalized spacial score (nSPS) is 27.7. The molecule has 0 radical (unpaired) electrons. The van der Waals surface area contributed by atoms with Gasteiger partial charge in [-0.3, -0.25) is 4.79 Å². The topological polar surface area (TPSA) is 52.6 Å². The smallest absolute Gasteiger partial charge is 0.267 e. The minimum atomic E-state index is -0.00264. The molecule has 4 nitrogen and oxygen atoms in total. The van der Waals surface area contributed by atoms with Crippen molar-refractivity contribution >= 4 is 17.2 Å². The molecule has 1 aromatic heterocycles. The molecular formula is C14H20N2O2S. The van der Waals surface area contributed by atoms with Crippen molar-refractivity contribution in [2.75, 3.05) is 26.2 Å². The van der Waals surface area contributed by atoms with Gasteiger partial charge in [0.15, 0.2) is 0 Å². The molecule has 1 unspecified atom stereocenters. The van der Waals surface area contributed by atoms with E-state index in [0.29, 0.717) is 4.88 Å². The van der Waals surface area contributed by atoms with Gasteiger partial charge in [0.1, 0.15) is 10.6 Å². The van der Waals surface area contributed by atoms with Crippen molar-refractivity contribution in [3.8, 4) is 5.75 Å². The summed E-state index contributed by atoms with van der Waals surface area (Å²) in [4.78, 5) is 14.9. The number of likely N-dealkylation sites (tertiary alicyclic amines) is 1. The number of nitrogens with one attached hydrogen (secondary N) is 1. The van der Waals surface area contributed by atoms with Gasteiger partial charge in [-0.2, -0.15) is 0 Å². The van der Waals surface area contributed by atoms with E-state index in [4.69, 9.17) is 0 Å². The Labute approximate surface area is 117 Å². The minimum Gasteiger partial charge on any atom is -0.506 e. The second-order valence-corrected chi connectivity index (χ2v) is 6.66. The Balaban J connectivity index is 1.74. The van der Waals surface area contributed by atoms with Crippen LogP contribution in [0.25, 0.3) is 0 Å². The molecule has 1 aromatic rings. The van der Waals surface area contributed by atoms with Crippen LogP contribution in [0.2, 0.25) is 0 Å². The Kier molecular flexibility index (Phi) is 3.50. The molecule has 3 heterocycles. The van der Waals surface area contributed by atoms with Crippen molar-refractivity contribution < 1.29 is 9.90 Å². The standard InChI is InChI=1S/C14H20N2O2S/c17-11-3-8-19-12(11)13(18)16-7-2-5-14(10-16)4-1-6-15-9-14/h3,8,15,17H,1-2,4-7,9-10H2. The molecule has 0 aliphatic carbocycles. The molecule has 5 heteroatoms. The zero-order valence-corrected chi connectivity index (χ0v) is 11.8. The van der Waals surface area contributed by atoms with Gasteiger partial charge in [0.05, 0.1) is 0 Å². The van der Waals surface area contributed by atoms with E-state index in [1.807, 2.05) is 4.90 Å².